The highest BCUT2D eigenvalue weighted by atomic mass is 32.2. The van der Waals surface area contributed by atoms with Gasteiger partial charge in [-0.05, 0) is 25.3 Å². The van der Waals surface area contributed by atoms with Gasteiger partial charge in [0, 0.05) is 13.1 Å². The summed E-state index contributed by atoms with van der Waals surface area (Å²) in [7, 11) is -3.26. The predicted octanol–water partition coefficient (Wildman–Crippen LogP) is 0.477. The highest BCUT2D eigenvalue weighted by Gasteiger charge is 2.31. The zero-order valence-corrected chi connectivity index (χ0v) is 16.0. The zero-order valence-electron chi connectivity index (χ0n) is 15.2. The van der Waals surface area contributed by atoms with E-state index in [-0.39, 0.29) is 25.3 Å². The summed E-state index contributed by atoms with van der Waals surface area (Å²) in [6.45, 7) is 1.57. The zero-order chi connectivity index (χ0) is 19.9. The van der Waals surface area contributed by atoms with Crippen LogP contribution in [0.15, 0.2) is 30.3 Å². The lowest BCUT2D eigenvalue weighted by atomic mass is 9.98. The third-order valence-corrected chi connectivity index (χ3v) is 6.26. The molecule has 1 heterocycles. The molecule has 148 valence electrons. The Hall–Kier alpha value is -2.26. The Kier molecular flexibility index (Phi) is 7.49. The number of piperidine rings is 1. The minimum absolute atomic E-state index is 0.0271. The number of esters is 1. The molecule has 1 N–H and O–H groups in total. The molecule has 8 nitrogen and oxygen atoms in total. The molecule has 1 aliphatic rings. The molecule has 0 radical (unpaired) electrons. The molecular formula is C18H24N2O6S. The smallest absolute Gasteiger partial charge is 0.309 e. The van der Waals surface area contributed by atoms with E-state index in [0.717, 1.165) is 5.56 Å². The monoisotopic (exact) mass is 396 g/mol. The summed E-state index contributed by atoms with van der Waals surface area (Å²) in [5.74, 6) is -2.12. The lowest BCUT2D eigenvalue weighted by molar-refractivity contribution is -0.154. The summed E-state index contributed by atoms with van der Waals surface area (Å²) in [4.78, 5) is 35.6. The minimum atomic E-state index is -3.26. The second-order valence-corrected chi connectivity index (χ2v) is 8.57. The minimum Gasteiger partial charge on any atom is -0.455 e. The number of nitrogens with zero attached hydrogens (tertiary/aromatic N) is 1. The van der Waals surface area contributed by atoms with Gasteiger partial charge in [0.2, 0.25) is 15.9 Å². The van der Waals surface area contributed by atoms with E-state index in [1.807, 2.05) is 6.07 Å². The van der Waals surface area contributed by atoms with Gasteiger partial charge >= 0.3 is 5.97 Å². The molecule has 0 bridgehead atoms. The van der Waals surface area contributed by atoms with Crippen molar-refractivity contribution in [3.63, 3.8) is 0 Å². The van der Waals surface area contributed by atoms with Crippen LogP contribution in [0, 0.1) is 5.92 Å². The van der Waals surface area contributed by atoms with Crippen molar-refractivity contribution in [2.24, 2.45) is 5.92 Å². The molecular weight excluding hydrogens is 372 g/mol. The van der Waals surface area contributed by atoms with Gasteiger partial charge in [-0.25, -0.2) is 12.7 Å². The molecule has 2 rings (SSSR count). The van der Waals surface area contributed by atoms with Gasteiger partial charge in [0.15, 0.2) is 6.61 Å². The molecule has 1 aromatic carbocycles. The second kappa shape index (κ2) is 9.61. The molecule has 1 fully saturated rings. The van der Waals surface area contributed by atoms with Gasteiger partial charge in [0.1, 0.15) is 0 Å². The van der Waals surface area contributed by atoms with Gasteiger partial charge in [-0.3, -0.25) is 19.7 Å². The largest absolute Gasteiger partial charge is 0.455 e. The van der Waals surface area contributed by atoms with Gasteiger partial charge in [0.05, 0.1) is 18.1 Å². The standard InChI is InChI=1S/C18H24N2O6S/c1-2-27(24,25)20-10-8-15(9-11-20)18(23)26-13-17(22)19-16(21)12-14-6-4-3-5-7-14/h3-7,15H,2,8-13H2,1H3,(H,19,21,22). The predicted molar refractivity (Wildman–Crippen MR) is 98.0 cm³/mol. The quantitative estimate of drug-likeness (QED) is 0.671. The van der Waals surface area contributed by atoms with Crippen LogP contribution in [0.5, 0.6) is 0 Å². The van der Waals surface area contributed by atoms with Crippen LogP contribution in [0.1, 0.15) is 25.3 Å². The number of ether oxygens (including phenoxy) is 1. The van der Waals surface area contributed by atoms with Crippen LogP contribution in [-0.2, 0) is 35.6 Å². The Labute approximate surface area is 158 Å². The fourth-order valence-corrected chi connectivity index (χ4v) is 3.96. The Morgan fingerprint density at radius 2 is 1.74 bits per heavy atom. The van der Waals surface area contributed by atoms with Crippen LogP contribution < -0.4 is 5.32 Å². The molecule has 0 unspecified atom stereocenters. The number of carbonyl (C=O) groups is 3. The van der Waals surface area contributed by atoms with Gasteiger partial charge < -0.3 is 4.74 Å². The second-order valence-electron chi connectivity index (χ2n) is 6.32. The molecule has 1 aromatic rings. The van der Waals surface area contributed by atoms with Gasteiger partial charge in [-0.15, -0.1) is 0 Å². The topological polar surface area (TPSA) is 110 Å². The Bertz CT molecular complexity index is 770. The van der Waals surface area contributed by atoms with Crippen LogP contribution >= 0.6 is 0 Å². The number of carbonyl (C=O) groups excluding carboxylic acids is 3. The third kappa shape index (κ3) is 6.44. The first-order chi connectivity index (χ1) is 12.8. The van der Waals surface area contributed by atoms with Crippen molar-refractivity contribution in [1.82, 2.24) is 9.62 Å². The number of hydrogen-bond donors (Lipinski definition) is 1. The van der Waals surface area contributed by atoms with Gasteiger partial charge in [-0.2, -0.15) is 0 Å². The maximum Gasteiger partial charge on any atom is 0.309 e. The molecule has 0 aliphatic carbocycles. The normalized spacial score (nSPS) is 15.9. The fourth-order valence-electron chi connectivity index (χ4n) is 2.82. The SMILES string of the molecule is CCS(=O)(=O)N1CCC(C(=O)OCC(=O)NC(=O)Cc2ccccc2)CC1. The first-order valence-electron chi connectivity index (χ1n) is 8.83. The van der Waals surface area contributed by atoms with E-state index in [1.54, 1.807) is 31.2 Å². The highest BCUT2D eigenvalue weighted by molar-refractivity contribution is 7.89. The highest BCUT2D eigenvalue weighted by Crippen LogP contribution is 2.21. The summed E-state index contributed by atoms with van der Waals surface area (Å²) >= 11 is 0. The molecule has 0 aromatic heterocycles. The first kappa shape index (κ1) is 21.0. The molecule has 0 saturated carbocycles. The van der Waals surface area contributed by atoms with E-state index in [9.17, 15) is 22.8 Å². The summed E-state index contributed by atoms with van der Waals surface area (Å²) in [5, 5.41) is 2.18. The number of hydrogen-bond acceptors (Lipinski definition) is 6. The molecule has 2 amide bonds. The van der Waals surface area contributed by atoms with E-state index in [1.165, 1.54) is 4.31 Å². The molecule has 0 atom stereocenters. The van der Waals surface area contributed by atoms with E-state index in [2.05, 4.69) is 5.32 Å². The Morgan fingerprint density at radius 3 is 2.33 bits per heavy atom. The van der Waals surface area contributed by atoms with Crippen LogP contribution in [-0.4, -0.2) is 56.0 Å². The van der Waals surface area contributed by atoms with E-state index in [4.69, 9.17) is 4.74 Å². The number of nitrogens with one attached hydrogen (secondary N) is 1. The van der Waals surface area contributed by atoms with Crippen molar-refractivity contribution < 1.29 is 27.5 Å². The van der Waals surface area contributed by atoms with E-state index in [0.29, 0.717) is 12.8 Å². The summed E-state index contributed by atoms with van der Waals surface area (Å²) in [6.07, 6.45) is 0.768. The van der Waals surface area contributed by atoms with Crippen molar-refractivity contribution in [2.75, 3.05) is 25.4 Å². The van der Waals surface area contributed by atoms with E-state index >= 15 is 0 Å². The van der Waals surface area contributed by atoms with Crippen molar-refractivity contribution in [3.8, 4) is 0 Å². The number of imide groups is 1. The maximum atomic E-state index is 12.1. The number of amides is 2. The van der Waals surface area contributed by atoms with Crippen LogP contribution in [0.4, 0.5) is 0 Å². The fraction of sp³-hybridized carbons (Fsp3) is 0.500. The molecule has 1 aliphatic heterocycles. The van der Waals surface area contributed by atoms with Gasteiger partial charge in [0.25, 0.3) is 5.91 Å². The van der Waals surface area contributed by atoms with Crippen LogP contribution in [0.3, 0.4) is 0 Å². The summed E-state index contributed by atoms with van der Waals surface area (Å²) in [6, 6.07) is 8.96. The van der Waals surface area contributed by atoms with Crippen LogP contribution in [0.2, 0.25) is 0 Å². The van der Waals surface area contributed by atoms with Crippen LogP contribution in [0.25, 0.3) is 0 Å². The van der Waals surface area contributed by atoms with Crippen molar-refractivity contribution in [2.45, 2.75) is 26.2 Å². The van der Waals surface area contributed by atoms with E-state index < -0.39 is 40.3 Å². The molecule has 1 saturated heterocycles. The first-order valence-corrected chi connectivity index (χ1v) is 10.4. The van der Waals surface area contributed by atoms with Crippen molar-refractivity contribution >= 4 is 27.8 Å². The third-order valence-electron chi connectivity index (χ3n) is 4.38. The van der Waals surface area contributed by atoms with Crippen molar-refractivity contribution in [3.05, 3.63) is 35.9 Å². The number of benzene rings is 1. The summed E-state index contributed by atoms with van der Waals surface area (Å²) < 4.78 is 29.9. The number of sulfonamides is 1. The molecule has 0 spiro atoms. The molecule has 9 heteroatoms. The maximum absolute atomic E-state index is 12.1. The number of rotatable bonds is 7. The lowest BCUT2D eigenvalue weighted by Gasteiger charge is -2.29. The average Bonchev–Trinajstić information content (AvgIpc) is 2.67. The Balaban J connectivity index is 1.71. The lowest BCUT2D eigenvalue weighted by Crippen LogP contribution is -2.42. The molecule has 27 heavy (non-hydrogen) atoms. The Morgan fingerprint density at radius 1 is 1.11 bits per heavy atom. The summed E-state index contributed by atoms with van der Waals surface area (Å²) in [5.41, 5.74) is 0.772. The van der Waals surface area contributed by atoms with Crippen molar-refractivity contribution in [1.29, 1.82) is 0 Å². The van der Waals surface area contributed by atoms with Gasteiger partial charge in [-0.1, -0.05) is 30.3 Å². The average molecular weight is 396 g/mol.